The fourth-order valence-electron chi connectivity index (χ4n) is 5.00. The summed E-state index contributed by atoms with van der Waals surface area (Å²) in [5.41, 5.74) is 10.4. The maximum absolute atomic E-state index is 5.71. The number of nitrogens with two attached hydrogens (primary N) is 1. The number of rotatable bonds is 6. The zero-order chi connectivity index (χ0) is 21.2. The minimum absolute atomic E-state index is 0.350. The molecule has 1 aliphatic heterocycles. The van der Waals surface area contributed by atoms with Crippen LogP contribution in [0, 0.1) is 0 Å². The number of imidazole rings is 1. The summed E-state index contributed by atoms with van der Waals surface area (Å²) < 4.78 is 2.15. The molecular formula is C23H32N8. The topological polar surface area (TPSA) is 78.8 Å². The van der Waals surface area contributed by atoms with Crippen LogP contribution < -0.4 is 10.6 Å². The van der Waals surface area contributed by atoms with E-state index in [9.17, 15) is 0 Å². The van der Waals surface area contributed by atoms with Crippen molar-refractivity contribution in [3.8, 4) is 0 Å². The number of aromatic nitrogens is 4. The zero-order valence-electron chi connectivity index (χ0n) is 18.3. The number of aryl methyl sites for hydroxylation is 1. The highest BCUT2D eigenvalue weighted by atomic mass is 15.3. The molecule has 0 spiro atoms. The Morgan fingerprint density at radius 1 is 1.13 bits per heavy atom. The SMILES string of the molecule is CN(Cc1cn2c(N3CCN(CCN)CC3)nccc2n1)[C@H]1CCCc2cccnc21. The van der Waals surface area contributed by atoms with Gasteiger partial charge in [0.15, 0.2) is 0 Å². The summed E-state index contributed by atoms with van der Waals surface area (Å²) >= 11 is 0. The van der Waals surface area contributed by atoms with Crippen molar-refractivity contribution < 1.29 is 0 Å². The Bertz CT molecular complexity index is 1020. The van der Waals surface area contributed by atoms with Gasteiger partial charge in [-0.2, -0.15) is 0 Å². The molecule has 0 radical (unpaired) electrons. The summed E-state index contributed by atoms with van der Waals surface area (Å²) in [5, 5.41) is 0. The molecule has 2 aliphatic rings. The number of piperazine rings is 1. The van der Waals surface area contributed by atoms with Crippen molar-refractivity contribution in [2.75, 3.05) is 51.2 Å². The minimum Gasteiger partial charge on any atom is -0.339 e. The van der Waals surface area contributed by atoms with Gasteiger partial charge in [-0.3, -0.25) is 19.2 Å². The Balaban J connectivity index is 1.34. The highest BCUT2D eigenvalue weighted by Crippen LogP contribution is 2.32. The van der Waals surface area contributed by atoms with Crippen LogP contribution >= 0.6 is 0 Å². The molecule has 3 aromatic heterocycles. The minimum atomic E-state index is 0.350. The summed E-state index contributed by atoms with van der Waals surface area (Å²) in [7, 11) is 2.19. The van der Waals surface area contributed by atoms with E-state index < -0.39 is 0 Å². The molecule has 4 heterocycles. The normalized spacial score (nSPS) is 19.8. The Kier molecular flexibility index (Phi) is 5.85. The Labute approximate surface area is 183 Å². The van der Waals surface area contributed by atoms with Gasteiger partial charge < -0.3 is 10.6 Å². The van der Waals surface area contributed by atoms with Crippen molar-refractivity contribution in [3.05, 3.63) is 53.7 Å². The lowest BCUT2D eigenvalue weighted by molar-refractivity contribution is 0.206. The third-order valence-corrected chi connectivity index (χ3v) is 6.62. The van der Waals surface area contributed by atoms with Crippen LogP contribution in [0.1, 0.15) is 35.8 Å². The average molecular weight is 421 g/mol. The van der Waals surface area contributed by atoms with Crippen molar-refractivity contribution in [1.82, 2.24) is 29.2 Å². The molecule has 0 aromatic carbocycles. The van der Waals surface area contributed by atoms with Gasteiger partial charge in [-0.05, 0) is 44.0 Å². The summed E-state index contributed by atoms with van der Waals surface area (Å²) in [6.45, 7) is 6.45. The van der Waals surface area contributed by atoms with E-state index in [2.05, 4.69) is 38.4 Å². The molecule has 8 heteroatoms. The number of anilines is 1. The number of fused-ring (bicyclic) bond motifs is 2. The van der Waals surface area contributed by atoms with Crippen LogP contribution in [-0.2, 0) is 13.0 Å². The summed E-state index contributed by atoms with van der Waals surface area (Å²) in [6.07, 6.45) is 9.44. The number of hydrogen-bond acceptors (Lipinski definition) is 7. The van der Waals surface area contributed by atoms with Crippen LogP contribution in [0.4, 0.5) is 5.95 Å². The second-order valence-electron chi connectivity index (χ2n) is 8.69. The lowest BCUT2D eigenvalue weighted by atomic mass is 9.91. The Morgan fingerprint density at radius 2 is 2.00 bits per heavy atom. The summed E-state index contributed by atoms with van der Waals surface area (Å²) in [4.78, 5) is 21.5. The van der Waals surface area contributed by atoms with E-state index in [1.54, 1.807) is 0 Å². The first-order valence-electron chi connectivity index (χ1n) is 11.4. The van der Waals surface area contributed by atoms with Gasteiger partial charge >= 0.3 is 0 Å². The van der Waals surface area contributed by atoms with E-state index in [0.717, 1.165) is 69.4 Å². The third-order valence-electron chi connectivity index (χ3n) is 6.62. The van der Waals surface area contributed by atoms with Crippen molar-refractivity contribution in [3.63, 3.8) is 0 Å². The van der Waals surface area contributed by atoms with E-state index in [1.165, 1.54) is 17.7 Å². The van der Waals surface area contributed by atoms with Gasteiger partial charge in [0.05, 0.1) is 17.4 Å². The van der Waals surface area contributed by atoms with Gasteiger partial charge in [-0.25, -0.2) is 9.97 Å². The first-order chi connectivity index (χ1) is 15.2. The fourth-order valence-corrected chi connectivity index (χ4v) is 5.00. The van der Waals surface area contributed by atoms with Gasteiger partial charge in [-0.15, -0.1) is 0 Å². The molecule has 0 amide bonds. The predicted octanol–water partition coefficient (Wildman–Crippen LogP) is 1.71. The Hall–Kier alpha value is -2.55. The first-order valence-corrected chi connectivity index (χ1v) is 11.4. The largest absolute Gasteiger partial charge is 0.339 e. The van der Waals surface area contributed by atoms with Crippen LogP contribution in [-0.4, -0.2) is 75.5 Å². The van der Waals surface area contributed by atoms with Gasteiger partial charge in [0.1, 0.15) is 5.65 Å². The second kappa shape index (κ2) is 8.90. The lowest BCUT2D eigenvalue weighted by Gasteiger charge is -2.35. The molecule has 3 aromatic rings. The monoisotopic (exact) mass is 420 g/mol. The maximum Gasteiger partial charge on any atom is 0.211 e. The molecule has 0 saturated carbocycles. The Morgan fingerprint density at radius 3 is 2.84 bits per heavy atom. The van der Waals surface area contributed by atoms with Crippen molar-refractivity contribution in [2.45, 2.75) is 31.8 Å². The molecule has 1 atom stereocenters. The highest BCUT2D eigenvalue weighted by molar-refractivity contribution is 5.48. The summed E-state index contributed by atoms with van der Waals surface area (Å²) in [5.74, 6) is 0.982. The van der Waals surface area contributed by atoms with Crippen molar-refractivity contribution >= 4 is 11.6 Å². The molecule has 5 rings (SSSR count). The molecule has 2 N–H and O–H groups in total. The van der Waals surface area contributed by atoms with E-state index in [4.69, 9.17) is 20.7 Å². The standard InChI is InChI=1S/C23H32N8/c1-28(20-6-2-4-18-5-3-9-25-22(18)20)16-19-17-31-21(27-19)7-10-26-23(31)30-14-12-29(11-8-24)13-15-30/h3,5,7,9-10,17,20H,2,4,6,8,11-16,24H2,1H3/t20-/m0/s1. The van der Waals surface area contributed by atoms with E-state index in [1.807, 2.05) is 24.5 Å². The van der Waals surface area contributed by atoms with Crippen molar-refractivity contribution in [1.29, 1.82) is 0 Å². The van der Waals surface area contributed by atoms with Gasteiger partial charge in [0.25, 0.3) is 0 Å². The number of nitrogens with zero attached hydrogens (tertiary/aromatic N) is 7. The molecule has 0 unspecified atom stereocenters. The quantitative estimate of drug-likeness (QED) is 0.650. The predicted molar refractivity (Wildman–Crippen MR) is 122 cm³/mol. The molecule has 1 saturated heterocycles. The van der Waals surface area contributed by atoms with Crippen LogP contribution in [0.25, 0.3) is 5.65 Å². The van der Waals surface area contributed by atoms with Crippen molar-refractivity contribution in [2.24, 2.45) is 5.73 Å². The van der Waals surface area contributed by atoms with Crippen LogP contribution in [0.3, 0.4) is 0 Å². The molecule has 1 fully saturated rings. The van der Waals surface area contributed by atoms with E-state index >= 15 is 0 Å². The van der Waals surface area contributed by atoms with Crippen LogP contribution in [0.15, 0.2) is 36.8 Å². The smallest absolute Gasteiger partial charge is 0.211 e. The molecule has 164 valence electrons. The average Bonchev–Trinajstić information content (AvgIpc) is 3.22. The maximum atomic E-state index is 5.71. The second-order valence-corrected chi connectivity index (χ2v) is 8.69. The van der Waals surface area contributed by atoms with E-state index in [-0.39, 0.29) is 0 Å². The lowest BCUT2D eigenvalue weighted by Crippen LogP contribution is -2.48. The van der Waals surface area contributed by atoms with E-state index in [0.29, 0.717) is 12.6 Å². The van der Waals surface area contributed by atoms with Crippen LogP contribution in [0.5, 0.6) is 0 Å². The zero-order valence-corrected chi connectivity index (χ0v) is 18.3. The third kappa shape index (κ3) is 4.15. The molecule has 31 heavy (non-hydrogen) atoms. The number of pyridine rings is 1. The molecule has 8 nitrogen and oxygen atoms in total. The van der Waals surface area contributed by atoms with Gasteiger partial charge in [0.2, 0.25) is 5.95 Å². The molecule has 1 aliphatic carbocycles. The van der Waals surface area contributed by atoms with Gasteiger partial charge in [0, 0.05) is 64.4 Å². The molecule has 0 bridgehead atoms. The van der Waals surface area contributed by atoms with Crippen LogP contribution in [0.2, 0.25) is 0 Å². The summed E-state index contributed by atoms with van der Waals surface area (Å²) in [6, 6.07) is 6.62. The number of hydrogen-bond donors (Lipinski definition) is 1. The first kappa shape index (κ1) is 20.4. The molecular weight excluding hydrogens is 388 g/mol. The fraction of sp³-hybridized carbons (Fsp3) is 0.522. The van der Waals surface area contributed by atoms with Gasteiger partial charge in [-0.1, -0.05) is 6.07 Å². The highest BCUT2D eigenvalue weighted by Gasteiger charge is 2.26.